The van der Waals surface area contributed by atoms with E-state index in [9.17, 15) is 14.9 Å². The molecule has 9 heteroatoms. The maximum atomic E-state index is 11.7. The molecule has 0 aliphatic carbocycles. The predicted molar refractivity (Wildman–Crippen MR) is 75.0 cm³/mol. The lowest BCUT2D eigenvalue weighted by molar-refractivity contribution is -0.385. The van der Waals surface area contributed by atoms with Gasteiger partial charge in [0.05, 0.1) is 25.2 Å². The zero-order valence-corrected chi connectivity index (χ0v) is 11.8. The Labute approximate surface area is 124 Å². The van der Waals surface area contributed by atoms with Crippen LogP contribution in [0.1, 0.15) is 10.4 Å². The van der Waals surface area contributed by atoms with E-state index in [1.54, 1.807) is 0 Å². The van der Waals surface area contributed by atoms with Crippen LogP contribution in [0.5, 0.6) is 0 Å². The third kappa shape index (κ3) is 2.46. The fourth-order valence-corrected chi connectivity index (χ4v) is 2.27. The van der Waals surface area contributed by atoms with Crippen LogP contribution in [0.2, 0.25) is 0 Å². The van der Waals surface area contributed by atoms with Crippen LogP contribution in [0, 0.1) is 10.1 Å². The number of oxazole rings is 1. The molecule has 0 atom stereocenters. The number of nitro groups is 1. The van der Waals surface area contributed by atoms with Crippen molar-refractivity contribution in [2.24, 2.45) is 0 Å². The lowest BCUT2D eigenvalue weighted by Gasteiger charge is -2.24. The van der Waals surface area contributed by atoms with Crippen LogP contribution < -0.4 is 4.90 Å². The maximum Gasteiger partial charge on any atom is 0.345 e. The number of morpholine rings is 1. The average molecular weight is 307 g/mol. The Hall–Kier alpha value is -2.68. The Morgan fingerprint density at radius 2 is 2.14 bits per heavy atom. The number of nitro benzene ring substituents is 1. The molecule has 22 heavy (non-hydrogen) atoms. The number of esters is 1. The minimum absolute atomic E-state index is 0.162. The second kappa shape index (κ2) is 5.60. The Morgan fingerprint density at radius 1 is 1.41 bits per heavy atom. The lowest BCUT2D eigenvalue weighted by Crippen LogP contribution is -2.36. The van der Waals surface area contributed by atoms with Gasteiger partial charge in [0.2, 0.25) is 0 Å². The first-order chi connectivity index (χ1) is 10.6. The minimum atomic E-state index is -0.794. The van der Waals surface area contributed by atoms with Crippen molar-refractivity contribution in [3.63, 3.8) is 0 Å². The van der Waals surface area contributed by atoms with Crippen LogP contribution in [0.4, 0.5) is 11.7 Å². The van der Waals surface area contributed by atoms with Crippen molar-refractivity contribution in [1.82, 2.24) is 4.98 Å². The highest BCUT2D eigenvalue weighted by atomic mass is 16.6. The van der Waals surface area contributed by atoms with Crippen LogP contribution in [0.3, 0.4) is 0 Å². The van der Waals surface area contributed by atoms with Gasteiger partial charge in [-0.2, -0.15) is 4.98 Å². The van der Waals surface area contributed by atoms with Crippen molar-refractivity contribution in [2.75, 3.05) is 38.3 Å². The highest BCUT2D eigenvalue weighted by Crippen LogP contribution is 2.29. The fraction of sp³-hybridized carbons (Fsp3) is 0.385. The van der Waals surface area contributed by atoms with E-state index in [4.69, 9.17) is 9.15 Å². The van der Waals surface area contributed by atoms with Gasteiger partial charge in [-0.1, -0.05) is 0 Å². The first-order valence-electron chi connectivity index (χ1n) is 6.60. The van der Waals surface area contributed by atoms with E-state index in [1.165, 1.54) is 12.1 Å². The molecule has 0 amide bonds. The number of anilines is 1. The van der Waals surface area contributed by atoms with E-state index >= 15 is 0 Å². The molecule has 0 radical (unpaired) electrons. The molecule has 116 valence electrons. The third-order valence-corrected chi connectivity index (χ3v) is 3.38. The molecule has 0 unspecified atom stereocenters. The van der Waals surface area contributed by atoms with Gasteiger partial charge in [0, 0.05) is 25.2 Å². The Morgan fingerprint density at radius 3 is 2.77 bits per heavy atom. The molecule has 3 rings (SSSR count). The summed E-state index contributed by atoms with van der Waals surface area (Å²) in [5, 5.41) is 11.1. The van der Waals surface area contributed by atoms with Gasteiger partial charge in [0.15, 0.2) is 5.58 Å². The molecule has 2 aromatic rings. The van der Waals surface area contributed by atoms with Gasteiger partial charge < -0.3 is 18.8 Å². The average Bonchev–Trinajstić information content (AvgIpc) is 2.96. The number of carbonyl (C=O) groups is 1. The molecule has 9 nitrogen and oxygen atoms in total. The number of hydrogen-bond donors (Lipinski definition) is 0. The van der Waals surface area contributed by atoms with Crippen molar-refractivity contribution < 1.29 is 23.6 Å². The van der Waals surface area contributed by atoms with E-state index < -0.39 is 10.9 Å². The summed E-state index contributed by atoms with van der Waals surface area (Å²) in [4.78, 5) is 28.3. The largest absolute Gasteiger partial charge is 0.465 e. The van der Waals surface area contributed by atoms with Crippen molar-refractivity contribution in [3.05, 3.63) is 27.8 Å². The second-order valence-electron chi connectivity index (χ2n) is 4.68. The molecule has 0 spiro atoms. The van der Waals surface area contributed by atoms with E-state index in [1.807, 2.05) is 4.90 Å². The number of ether oxygens (including phenoxy) is 2. The standard InChI is InChI=1S/C13H13N3O6/c1-20-12(17)8-6-11-9(7-10(8)16(18)19)14-13(22-11)15-2-4-21-5-3-15/h6-7H,2-5H2,1H3. The van der Waals surface area contributed by atoms with Crippen molar-refractivity contribution >= 4 is 28.8 Å². The van der Waals surface area contributed by atoms with E-state index in [0.717, 1.165) is 7.11 Å². The molecule has 1 aromatic heterocycles. The predicted octanol–water partition coefficient (Wildman–Crippen LogP) is 1.36. The molecule has 1 aliphatic heterocycles. The first-order valence-corrected chi connectivity index (χ1v) is 6.60. The molecule has 2 heterocycles. The minimum Gasteiger partial charge on any atom is -0.465 e. The monoisotopic (exact) mass is 307 g/mol. The molecule has 1 saturated heterocycles. The zero-order chi connectivity index (χ0) is 15.7. The molecule has 1 aromatic carbocycles. The Bertz CT molecular complexity index is 735. The summed E-state index contributed by atoms with van der Waals surface area (Å²) in [6.07, 6.45) is 0. The van der Waals surface area contributed by atoms with Crippen LogP contribution in [-0.4, -0.2) is 49.3 Å². The molecule has 1 aliphatic rings. The highest BCUT2D eigenvalue weighted by Gasteiger charge is 2.25. The SMILES string of the molecule is COC(=O)c1cc2oc(N3CCOCC3)nc2cc1[N+](=O)[O-]. The van der Waals surface area contributed by atoms with Crippen molar-refractivity contribution in [1.29, 1.82) is 0 Å². The molecular weight excluding hydrogens is 294 g/mol. The summed E-state index contributed by atoms with van der Waals surface area (Å²) >= 11 is 0. The van der Waals surface area contributed by atoms with Gasteiger partial charge >= 0.3 is 5.97 Å². The van der Waals surface area contributed by atoms with Crippen LogP contribution >= 0.6 is 0 Å². The normalized spacial score (nSPS) is 15.0. The zero-order valence-electron chi connectivity index (χ0n) is 11.8. The van der Waals surface area contributed by atoms with Gasteiger partial charge in [-0.25, -0.2) is 4.79 Å². The first kappa shape index (κ1) is 14.3. The van der Waals surface area contributed by atoms with Gasteiger partial charge in [-0.3, -0.25) is 10.1 Å². The Balaban J connectivity index is 2.07. The molecular formula is C13H13N3O6. The van der Waals surface area contributed by atoms with E-state index in [0.29, 0.717) is 43.4 Å². The van der Waals surface area contributed by atoms with Gasteiger partial charge in [-0.05, 0) is 0 Å². The number of carbonyl (C=O) groups excluding carboxylic acids is 1. The lowest BCUT2D eigenvalue weighted by atomic mass is 10.1. The topological polar surface area (TPSA) is 108 Å². The van der Waals surface area contributed by atoms with E-state index in [2.05, 4.69) is 9.72 Å². The van der Waals surface area contributed by atoms with E-state index in [-0.39, 0.29) is 11.3 Å². The summed E-state index contributed by atoms with van der Waals surface area (Å²) in [6.45, 7) is 2.37. The highest BCUT2D eigenvalue weighted by molar-refractivity contribution is 5.98. The summed E-state index contributed by atoms with van der Waals surface area (Å²) in [5.74, 6) is -0.794. The molecule has 0 saturated carbocycles. The van der Waals surface area contributed by atoms with Crippen LogP contribution in [0.25, 0.3) is 11.1 Å². The number of fused-ring (bicyclic) bond motifs is 1. The Kier molecular flexibility index (Phi) is 3.63. The van der Waals surface area contributed by atoms with Crippen molar-refractivity contribution in [2.45, 2.75) is 0 Å². The number of methoxy groups -OCH3 is 1. The van der Waals surface area contributed by atoms with Gasteiger partial charge in [0.25, 0.3) is 11.7 Å². The van der Waals surface area contributed by atoms with Crippen molar-refractivity contribution in [3.8, 4) is 0 Å². The summed E-state index contributed by atoms with van der Waals surface area (Å²) in [5.41, 5.74) is 0.0965. The maximum absolute atomic E-state index is 11.7. The molecule has 1 fully saturated rings. The summed E-state index contributed by atoms with van der Waals surface area (Å²) in [7, 11) is 1.16. The molecule has 0 N–H and O–H groups in total. The number of benzene rings is 1. The van der Waals surface area contributed by atoms with Crippen LogP contribution in [-0.2, 0) is 9.47 Å². The summed E-state index contributed by atoms with van der Waals surface area (Å²) < 4.78 is 15.4. The third-order valence-electron chi connectivity index (χ3n) is 3.38. The number of hydrogen-bond acceptors (Lipinski definition) is 8. The molecule has 0 bridgehead atoms. The quantitative estimate of drug-likeness (QED) is 0.475. The summed E-state index contributed by atoms with van der Waals surface area (Å²) in [6, 6.07) is 2.86. The number of aromatic nitrogens is 1. The smallest absolute Gasteiger partial charge is 0.345 e. The van der Waals surface area contributed by atoms with Crippen LogP contribution in [0.15, 0.2) is 16.5 Å². The van der Waals surface area contributed by atoms with Gasteiger partial charge in [0.1, 0.15) is 11.1 Å². The fourth-order valence-electron chi connectivity index (χ4n) is 2.27. The number of rotatable bonds is 3. The number of nitrogens with zero attached hydrogens (tertiary/aromatic N) is 3. The second-order valence-corrected chi connectivity index (χ2v) is 4.68. The van der Waals surface area contributed by atoms with Gasteiger partial charge in [-0.15, -0.1) is 0 Å².